The Balaban J connectivity index is 4.32. The normalized spacial score (nSPS) is 12.4. The first kappa shape index (κ1) is 11.3. The largest absolute Gasteiger partial charge is 0.0878 e. The molecule has 12 heavy (non-hydrogen) atoms. The molecule has 3 nitrogen and oxygen atoms in total. The van der Waals surface area contributed by atoms with E-state index in [4.69, 9.17) is 5.53 Å². The third-order valence-corrected chi connectivity index (χ3v) is 2.18. The summed E-state index contributed by atoms with van der Waals surface area (Å²) in [6.45, 7) is 10.5. The van der Waals surface area contributed by atoms with Crippen molar-refractivity contribution in [3.8, 4) is 0 Å². The van der Waals surface area contributed by atoms with E-state index in [9.17, 15) is 0 Å². The van der Waals surface area contributed by atoms with E-state index in [-0.39, 0.29) is 11.0 Å². The van der Waals surface area contributed by atoms with Crippen LogP contribution in [0.3, 0.4) is 0 Å². The number of rotatable bonds is 4. The number of azide groups is 1. The van der Waals surface area contributed by atoms with E-state index in [2.05, 4.69) is 30.8 Å². The Morgan fingerprint density at radius 3 is 2.08 bits per heavy atom. The molecule has 0 aromatic carbocycles. The van der Waals surface area contributed by atoms with Gasteiger partial charge in [0, 0.05) is 10.5 Å². The van der Waals surface area contributed by atoms with Crippen LogP contribution in [0.15, 0.2) is 5.11 Å². The second-order valence-corrected chi connectivity index (χ2v) is 4.70. The molecule has 0 aromatic rings. The van der Waals surface area contributed by atoms with Crippen LogP contribution >= 0.6 is 0 Å². The minimum Gasteiger partial charge on any atom is -0.0878 e. The summed E-state index contributed by atoms with van der Waals surface area (Å²) < 4.78 is 0. The lowest BCUT2D eigenvalue weighted by Gasteiger charge is -2.30. The monoisotopic (exact) mass is 169 g/mol. The highest BCUT2D eigenvalue weighted by molar-refractivity contribution is 4.84. The predicted molar refractivity (Wildman–Crippen MR) is 51.9 cm³/mol. The van der Waals surface area contributed by atoms with Crippen molar-refractivity contribution < 1.29 is 0 Å². The van der Waals surface area contributed by atoms with E-state index < -0.39 is 0 Å². The van der Waals surface area contributed by atoms with Crippen LogP contribution in [-0.2, 0) is 0 Å². The highest BCUT2D eigenvalue weighted by Gasteiger charge is 2.26. The molecule has 0 aliphatic rings. The van der Waals surface area contributed by atoms with Crippen LogP contribution in [0.2, 0.25) is 0 Å². The zero-order valence-electron chi connectivity index (χ0n) is 8.76. The van der Waals surface area contributed by atoms with E-state index in [0.717, 1.165) is 12.8 Å². The lowest BCUT2D eigenvalue weighted by Crippen LogP contribution is -2.25. The Hall–Kier alpha value is -0.690. The summed E-state index contributed by atoms with van der Waals surface area (Å²) in [4.78, 5) is 2.85. The summed E-state index contributed by atoms with van der Waals surface area (Å²) in [6, 6.07) is 0. The van der Waals surface area contributed by atoms with Crippen LogP contribution in [-0.4, -0.2) is 5.54 Å². The molecule has 0 rings (SSSR count). The number of hydrogen-bond acceptors (Lipinski definition) is 1. The average Bonchev–Trinajstić information content (AvgIpc) is 1.85. The molecule has 0 radical (unpaired) electrons. The van der Waals surface area contributed by atoms with Crippen LogP contribution in [0.4, 0.5) is 0 Å². The predicted octanol–water partition coefficient (Wildman–Crippen LogP) is 3.90. The van der Waals surface area contributed by atoms with Crippen LogP contribution in [0.1, 0.15) is 47.5 Å². The molecule has 0 saturated carbocycles. The molecule has 0 amide bonds. The van der Waals surface area contributed by atoms with Crippen molar-refractivity contribution in [2.45, 2.75) is 53.0 Å². The molecular weight excluding hydrogens is 150 g/mol. The van der Waals surface area contributed by atoms with E-state index >= 15 is 0 Å². The maximum absolute atomic E-state index is 8.33. The molecule has 3 heteroatoms. The lowest BCUT2D eigenvalue weighted by molar-refractivity contribution is 0.250. The Morgan fingerprint density at radius 1 is 1.25 bits per heavy atom. The highest BCUT2D eigenvalue weighted by atomic mass is 15.2. The molecule has 70 valence electrons. The molecule has 0 fully saturated rings. The fourth-order valence-corrected chi connectivity index (χ4v) is 1.45. The smallest absolute Gasteiger partial charge is 0.0437 e. The molecule has 0 aliphatic heterocycles. The number of nitrogens with zero attached hydrogens (tertiary/aromatic N) is 3. The molecule has 0 unspecified atom stereocenters. The van der Waals surface area contributed by atoms with Gasteiger partial charge in [-0.05, 0) is 17.4 Å². The standard InChI is InChI=1S/C9H19N3/c1-6-8(2,3)7-9(4,5)11-12-10/h6-7H2,1-5H3. The summed E-state index contributed by atoms with van der Waals surface area (Å²) in [5, 5.41) is 3.77. The fraction of sp³-hybridized carbons (Fsp3) is 1.00. The van der Waals surface area contributed by atoms with Gasteiger partial charge in [0.2, 0.25) is 0 Å². The molecular formula is C9H19N3. The van der Waals surface area contributed by atoms with E-state index in [1.165, 1.54) is 0 Å². The van der Waals surface area contributed by atoms with Crippen molar-refractivity contribution in [3.63, 3.8) is 0 Å². The zero-order valence-corrected chi connectivity index (χ0v) is 8.76. The Morgan fingerprint density at radius 2 is 1.75 bits per heavy atom. The van der Waals surface area contributed by atoms with Gasteiger partial charge in [-0.2, -0.15) is 0 Å². The van der Waals surface area contributed by atoms with Crippen molar-refractivity contribution in [2.24, 2.45) is 10.5 Å². The molecule has 0 N–H and O–H groups in total. The molecule has 0 saturated heterocycles. The van der Waals surface area contributed by atoms with Crippen molar-refractivity contribution in [1.82, 2.24) is 0 Å². The van der Waals surface area contributed by atoms with Crippen LogP contribution in [0, 0.1) is 5.41 Å². The topological polar surface area (TPSA) is 48.8 Å². The summed E-state index contributed by atoms with van der Waals surface area (Å²) in [7, 11) is 0. The maximum Gasteiger partial charge on any atom is 0.0437 e. The first-order valence-electron chi connectivity index (χ1n) is 4.39. The maximum atomic E-state index is 8.33. The van der Waals surface area contributed by atoms with Gasteiger partial charge in [-0.3, -0.25) is 0 Å². The van der Waals surface area contributed by atoms with Crippen LogP contribution < -0.4 is 0 Å². The van der Waals surface area contributed by atoms with E-state index in [1.54, 1.807) is 0 Å². The molecule has 0 atom stereocenters. The number of hydrogen-bond donors (Lipinski definition) is 0. The van der Waals surface area contributed by atoms with Gasteiger partial charge in [0.1, 0.15) is 0 Å². The molecule has 0 aromatic heterocycles. The summed E-state index contributed by atoms with van der Waals surface area (Å²) >= 11 is 0. The lowest BCUT2D eigenvalue weighted by atomic mass is 9.79. The van der Waals surface area contributed by atoms with Crippen LogP contribution in [0.25, 0.3) is 10.4 Å². The Bertz CT molecular complexity index is 188. The van der Waals surface area contributed by atoms with Crippen molar-refractivity contribution in [1.29, 1.82) is 0 Å². The Labute approximate surface area is 74.8 Å². The van der Waals surface area contributed by atoms with Crippen molar-refractivity contribution in [3.05, 3.63) is 10.4 Å². The molecule has 0 heterocycles. The molecule has 0 spiro atoms. The summed E-state index contributed by atoms with van der Waals surface area (Å²) in [6.07, 6.45) is 2.04. The first-order valence-corrected chi connectivity index (χ1v) is 4.39. The zero-order chi connectivity index (χ0) is 9.83. The summed E-state index contributed by atoms with van der Waals surface area (Å²) in [5.74, 6) is 0. The minimum absolute atomic E-state index is 0.256. The van der Waals surface area contributed by atoms with Gasteiger partial charge in [0.05, 0.1) is 0 Å². The minimum atomic E-state index is -0.256. The second-order valence-electron chi connectivity index (χ2n) is 4.70. The molecule has 0 bridgehead atoms. The van der Waals surface area contributed by atoms with E-state index in [1.807, 2.05) is 13.8 Å². The second kappa shape index (κ2) is 3.81. The van der Waals surface area contributed by atoms with Gasteiger partial charge in [0.15, 0.2) is 0 Å². The average molecular weight is 169 g/mol. The van der Waals surface area contributed by atoms with Gasteiger partial charge in [-0.25, -0.2) is 0 Å². The van der Waals surface area contributed by atoms with Crippen molar-refractivity contribution in [2.75, 3.05) is 0 Å². The SMILES string of the molecule is CCC(C)(C)CC(C)(C)N=[N+]=[N-]. The van der Waals surface area contributed by atoms with Gasteiger partial charge in [0.25, 0.3) is 0 Å². The van der Waals surface area contributed by atoms with Gasteiger partial charge in [-0.1, -0.05) is 46.2 Å². The Kier molecular flexibility index (Phi) is 3.59. The van der Waals surface area contributed by atoms with Gasteiger partial charge in [-0.15, -0.1) is 0 Å². The van der Waals surface area contributed by atoms with Gasteiger partial charge >= 0.3 is 0 Å². The first-order chi connectivity index (χ1) is 5.33. The highest BCUT2D eigenvalue weighted by Crippen LogP contribution is 2.32. The fourth-order valence-electron chi connectivity index (χ4n) is 1.45. The summed E-state index contributed by atoms with van der Waals surface area (Å²) in [5.41, 5.74) is 8.34. The quantitative estimate of drug-likeness (QED) is 0.348. The third-order valence-electron chi connectivity index (χ3n) is 2.18. The van der Waals surface area contributed by atoms with Crippen LogP contribution in [0.5, 0.6) is 0 Å². The molecule has 0 aliphatic carbocycles. The van der Waals surface area contributed by atoms with Gasteiger partial charge < -0.3 is 0 Å². The third kappa shape index (κ3) is 4.24. The van der Waals surface area contributed by atoms with Crippen molar-refractivity contribution >= 4 is 0 Å². The van der Waals surface area contributed by atoms with E-state index in [0.29, 0.717) is 0 Å².